The van der Waals surface area contributed by atoms with Gasteiger partial charge in [0.15, 0.2) is 0 Å². The van der Waals surface area contributed by atoms with Crippen LogP contribution in [-0.4, -0.2) is 65.7 Å². The molecule has 2 fully saturated rings. The van der Waals surface area contributed by atoms with Gasteiger partial charge >= 0.3 is 40.4 Å². The van der Waals surface area contributed by atoms with E-state index in [0.29, 0.717) is 13.1 Å². The van der Waals surface area contributed by atoms with Crippen molar-refractivity contribution in [1.29, 1.82) is 0 Å². The molecule has 6 nitrogen and oxygen atoms in total. The van der Waals surface area contributed by atoms with Crippen molar-refractivity contribution in [1.82, 2.24) is 9.80 Å². The molecule has 0 spiro atoms. The fourth-order valence-electron chi connectivity index (χ4n) is 6.70. The van der Waals surface area contributed by atoms with E-state index in [2.05, 4.69) is 156 Å². The number of ether oxygens (including phenoxy) is 1. The topological polar surface area (TPSA) is 75.9 Å². The first-order valence-electron chi connectivity index (χ1n) is 19.8. The summed E-state index contributed by atoms with van der Waals surface area (Å²) in [7, 11) is -2.21. The molecule has 2 saturated heterocycles. The van der Waals surface area contributed by atoms with Crippen molar-refractivity contribution in [2.24, 2.45) is 0 Å². The molecule has 2 aromatic rings. The Morgan fingerprint density at radius 1 is 0.547 bits per heavy atom. The van der Waals surface area contributed by atoms with Gasteiger partial charge in [-0.3, -0.25) is 9.80 Å². The average molecular weight is 904 g/mol. The average Bonchev–Trinajstić information content (AvgIpc) is 3.53. The SMILES string of the molecule is C1CCOC1.CC(C)(C)c1cc(CN2CCN(Cc3cc(C(C)(C)C)cc(C(C)(C)C)c3[O-])CC2)c([O-])c(C(C)(C)C)c1.C[Si](C)(C)[N-][Si](C)(C)C.[Sm+3]. The summed E-state index contributed by atoms with van der Waals surface area (Å²) in [5, 5.41) is 26.9. The van der Waals surface area contributed by atoms with Gasteiger partial charge in [0.1, 0.15) is 0 Å². The van der Waals surface area contributed by atoms with Crippen molar-refractivity contribution in [3.63, 3.8) is 0 Å². The summed E-state index contributed by atoms with van der Waals surface area (Å²) in [5.74, 6) is 0.385. The maximum atomic E-state index is 13.5. The van der Waals surface area contributed by atoms with E-state index in [0.717, 1.165) is 61.6 Å². The zero-order valence-corrected chi connectivity index (χ0v) is 42.0. The maximum Gasteiger partial charge on any atom is 3.00 e. The molecule has 0 amide bonds. The number of nitrogens with zero attached hydrogens (tertiary/aromatic N) is 3. The van der Waals surface area contributed by atoms with Gasteiger partial charge in [-0.2, -0.15) is 0 Å². The van der Waals surface area contributed by atoms with E-state index in [9.17, 15) is 10.2 Å². The third-order valence-corrected chi connectivity index (χ3v) is 14.8. The molecule has 0 saturated carbocycles. The molecule has 2 heterocycles. The molecule has 0 N–H and O–H groups in total. The molecule has 0 aromatic heterocycles. The molecule has 53 heavy (non-hydrogen) atoms. The van der Waals surface area contributed by atoms with Crippen molar-refractivity contribution in [3.8, 4) is 11.5 Å². The Morgan fingerprint density at radius 3 is 1.04 bits per heavy atom. The standard InChI is InChI=1S/C34H54N2O2.C6H18NSi2.C4H8O.Sm/c1-31(2,3)25-17-23(29(37)27(19-25)33(7,8)9)21-35-13-15-36(16-14-35)22-24-18-26(32(4,5)6)20-28(30(24)38)34(10,11)12;1-8(2,3)7-9(4,5)6;1-2-4-5-3-1;/h17-20,37-38H,13-16,21-22H2,1-12H3;1-6H3;1-4H2;/q;-1;;+3/p-2. The first-order chi connectivity index (χ1) is 23.4. The molecular weight excluding hydrogens is 825 g/mol. The van der Waals surface area contributed by atoms with E-state index < -0.39 is 16.5 Å². The quantitative estimate of drug-likeness (QED) is 0.270. The molecule has 4 rings (SSSR count). The van der Waals surface area contributed by atoms with Gasteiger partial charge in [0.05, 0.1) is 0 Å². The van der Waals surface area contributed by atoms with Gasteiger partial charge in [-0.05, 0) is 67.9 Å². The van der Waals surface area contributed by atoms with Crippen molar-refractivity contribution in [2.45, 2.75) is 170 Å². The Hall–Kier alpha value is -0.349. The fraction of sp³-hybridized carbons (Fsp3) is 0.727. The molecule has 1 radical (unpaired) electrons. The molecule has 2 aromatic carbocycles. The Balaban J connectivity index is 0.000000782. The molecule has 2 aliphatic heterocycles. The van der Waals surface area contributed by atoms with E-state index in [1.807, 2.05) is 0 Å². The van der Waals surface area contributed by atoms with Crippen LogP contribution in [0.1, 0.15) is 129 Å². The number of hydrogen-bond acceptors (Lipinski definition) is 5. The van der Waals surface area contributed by atoms with Crippen molar-refractivity contribution < 1.29 is 55.3 Å². The Kier molecular flexibility index (Phi) is 19.0. The van der Waals surface area contributed by atoms with Crippen LogP contribution in [-0.2, 0) is 39.5 Å². The van der Waals surface area contributed by atoms with Crippen molar-refractivity contribution in [3.05, 3.63) is 62.3 Å². The Morgan fingerprint density at radius 2 is 0.849 bits per heavy atom. The molecule has 301 valence electrons. The van der Waals surface area contributed by atoms with Crippen LogP contribution >= 0.6 is 0 Å². The van der Waals surface area contributed by atoms with Crippen molar-refractivity contribution in [2.75, 3.05) is 39.4 Å². The second-order valence-electron chi connectivity index (χ2n) is 21.3. The zero-order valence-electron chi connectivity index (χ0n) is 37.4. The summed E-state index contributed by atoms with van der Waals surface area (Å²) < 4.78 is 9.76. The van der Waals surface area contributed by atoms with E-state index in [1.54, 1.807) is 0 Å². The third-order valence-electron chi connectivity index (χ3n) is 9.43. The molecule has 0 atom stereocenters. The second-order valence-corrected chi connectivity index (χ2v) is 30.9. The van der Waals surface area contributed by atoms with Gasteiger partial charge in [0, 0.05) is 52.5 Å². The van der Waals surface area contributed by atoms with Crippen LogP contribution in [0.25, 0.3) is 4.65 Å². The monoisotopic (exact) mass is 904 g/mol. The first-order valence-corrected chi connectivity index (χ1v) is 26.7. The number of rotatable bonds is 6. The minimum Gasteiger partial charge on any atom is -0.872 e. The molecular formula is C44H78N3O3Si2Sm. The summed E-state index contributed by atoms with van der Waals surface area (Å²) >= 11 is 0. The van der Waals surface area contributed by atoms with E-state index >= 15 is 0 Å². The van der Waals surface area contributed by atoms with Crippen LogP contribution in [0.2, 0.25) is 39.3 Å². The Labute approximate surface area is 361 Å². The smallest absolute Gasteiger partial charge is 0.872 e. The largest absolute Gasteiger partial charge is 3.00 e. The van der Waals surface area contributed by atoms with E-state index in [-0.39, 0.29) is 73.5 Å². The predicted octanol–water partition coefficient (Wildman–Crippen LogP) is 10.2. The minimum atomic E-state index is -1.11. The van der Waals surface area contributed by atoms with Crippen LogP contribution < -0.4 is 10.2 Å². The summed E-state index contributed by atoms with van der Waals surface area (Å²) in [6, 6.07) is 8.53. The van der Waals surface area contributed by atoms with Crippen LogP contribution in [0, 0.1) is 40.4 Å². The summed E-state index contributed by atoms with van der Waals surface area (Å²) in [5.41, 5.74) is 5.71. The van der Waals surface area contributed by atoms with Gasteiger partial charge < -0.3 is 19.6 Å². The van der Waals surface area contributed by atoms with Gasteiger partial charge in [0.2, 0.25) is 0 Å². The summed E-state index contributed by atoms with van der Waals surface area (Å²) in [6.45, 7) is 46.8. The van der Waals surface area contributed by atoms with Gasteiger partial charge in [0.25, 0.3) is 0 Å². The number of piperazine rings is 1. The van der Waals surface area contributed by atoms with Gasteiger partial charge in [-0.15, -0.1) is 11.5 Å². The molecule has 0 aliphatic carbocycles. The fourth-order valence-corrected chi connectivity index (χ4v) is 14.7. The van der Waals surface area contributed by atoms with Gasteiger partial charge in [-0.25, -0.2) is 0 Å². The van der Waals surface area contributed by atoms with E-state index in [4.69, 9.17) is 9.38 Å². The molecule has 0 unspecified atom stereocenters. The van der Waals surface area contributed by atoms with E-state index in [1.165, 1.54) is 24.0 Å². The normalized spacial score (nSPS) is 16.6. The van der Waals surface area contributed by atoms with Crippen LogP contribution in [0.3, 0.4) is 0 Å². The zero-order chi connectivity index (χ0) is 40.1. The minimum absolute atomic E-state index is 0. The Bertz CT molecular complexity index is 1320. The van der Waals surface area contributed by atoms with Gasteiger partial charge in [-0.1, -0.05) is 163 Å². The predicted molar refractivity (Wildman–Crippen MR) is 227 cm³/mol. The second kappa shape index (κ2) is 19.9. The van der Waals surface area contributed by atoms with Crippen LogP contribution in [0.5, 0.6) is 11.5 Å². The first kappa shape index (κ1) is 50.7. The molecule has 2 aliphatic rings. The van der Waals surface area contributed by atoms with Crippen molar-refractivity contribution >= 4 is 16.5 Å². The summed E-state index contributed by atoms with van der Waals surface area (Å²) in [6.07, 6.45) is 2.56. The third kappa shape index (κ3) is 17.8. The number of hydrogen-bond donors (Lipinski definition) is 0. The van der Waals surface area contributed by atoms with Crippen LogP contribution in [0.4, 0.5) is 0 Å². The number of benzene rings is 2. The summed E-state index contributed by atoms with van der Waals surface area (Å²) in [4.78, 5) is 4.80. The van der Waals surface area contributed by atoms with Crippen LogP contribution in [0.15, 0.2) is 24.3 Å². The molecule has 0 bridgehead atoms. The maximum absolute atomic E-state index is 13.5. The molecule has 9 heteroatoms.